The van der Waals surface area contributed by atoms with E-state index in [9.17, 15) is 18.0 Å². The highest BCUT2D eigenvalue weighted by Crippen LogP contribution is 2.35. The standard InChI is InChI=1S/C29H39ClN2O6S/c1-20(2)31-39(35,36)26-19-23(18-22-14-17-37-27(22)26)25(33)12-8-9-15-32(28(34)38-29(3,4)5)16-13-21-10-6-7-11-24(21)30/h6-7,10-11,18-20,31H,8-9,12-17H2,1-5H3. The molecule has 0 aliphatic carbocycles. The molecule has 10 heteroatoms. The number of ether oxygens (including phenoxy) is 2. The third-order valence-electron chi connectivity index (χ3n) is 6.09. The smallest absolute Gasteiger partial charge is 0.410 e. The number of hydrogen-bond donors (Lipinski definition) is 1. The number of carbonyl (C=O) groups excluding carboxylic acids is 2. The van der Waals surface area contributed by atoms with Crippen molar-refractivity contribution in [1.82, 2.24) is 9.62 Å². The summed E-state index contributed by atoms with van der Waals surface area (Å²) in [6.07, 6.45) is 2.06. The molecule has 1 aliphatic heterocycles. The second-order valence-electron chi connectivity index (χ2n) is 11.0. The van der Waals surface area contributed by atoms with E-state index in [4.69, 9.17) is 21.1 Å². The maximum absolute atomic E-state index is 13.1. The summed E-state index contributed by atoms with van der Waals surface area (Å²) < 4.78 is 39.6. The third-order valence-corrected chi connectivity index (χ3v) is 8.13. The van der Waals surface area contributed by atoms with Gasteiger partial charge in [-0.1, -0.05) is 29.8 Å². The Morgan fingerprint density at radius 2 is 1.85 bits per heavy atom. The number of amides is 1. The lowest BCUT2D eigenvalue weighted by Gasteiger charge is -2.27. The Kier molecular flexibility index (Phi) is 10.4. The van der Waals surface area contributed by atoms with E-state index in [-0.39, 0.29) is 23.1 Å². The fourth-order valence-electron chi connectivity index (χ4n) is 4.32. The molecule has 0 radical (unpaired) electrons. The van der Waals surface area contributed by atoms with E-state index in [2.05, 4.69) is 4.72 Å². The van der Waals surface area contributed by atoms with Crippen LogP contribution in [0.2, 0.25) is 5.02 Å². The molecule has 0 bridgehead atoms. The number of sulfonamides is 1. The minimum atomic E-state index is -3.83. The molecule has 0 fully saturated rings. The lowest BCUT2D eigenvalue weighted by atomic mass is 10.0. The van der Waals surface area contributed by atoms with Gasteiger partial charge < -0.3 is 14.4 Å². The molecular formula is C29H39ClN2O6S. The van der Waals surface area contributed by atoms with Crippen LogP contribution in [-0.2, 0) is 27.6 Å². The number of nitrogens with one attached hydrogen (secondary N) is 1. The zero-order valence-electron chi connectivity index (χ0n) is 23.4. The minimum absolute atomic E-state index is 0.00484. The van der Waals surface area contributed by atoms with E-state index in [1.165, 1.54) is 6.07 Å². The Bertz CT molecular complexity index is 1290. The third kappa shape index (κ3) is 8.95. The summed E-state index contributed by atoms with van der Waals surface area (Å²) in [4.78, 5) is 27.6. The van der Waals surface area contributed by atoms with E-state index in [0.717, 1.165) is 11.1 Å². The highest BCUT2D eigenvalue weighted by molar-refractivity contribution is 7.89. The number of Topliss-reactive ketones (excluding diaryl/α,β-unsaturated/α-hetero) is 1. The minimum Gasteiger partial charge on any atom is -0.492 e. The van der Waals surface area contributed by atoms with Gasteiger partial charge in [-0.2, -0.15) is 0 Å². The molecule has 0 unspecified atom stereocenters. The van der Waals surface area contributed by atoms with Crippen molar-refractivity contribution < 1.29 is 27.5 Å². The van der Waals surface area contributed by atoms with Crippen LogP contribution in [0.15, 0.2) is 41.3 Å². The fourth-order valence-corrected chi connectivity index (χ4v) is 6.01. The molecule has 214 valence electrons. The number of hydrogen-bond acceptors (Lipinski definition) is 6. The number of unbranched alkanes of at least 4 members (excludes halogenated alkanes) is 1. The maximum Gasteiger partial charge on any atom is 0.410 e. The average Bonchev–Trinajstić information content (AvgIpc) is 3.30. The van der Waals surface area contributed by atoms with Gasteiger partial charge in [0.05, 0.1) is 6.61 Å². The van der Waals surface area contributed by atoms with Crippen LogP contribution in [0.4, 0.5) is 4.79 Å². The van der Waals surface area contributed by atoms with Gasteiger partial charge in [0.15, 0.2) is 5.78 Å². The quantitative estimate of drug-likeness (QED) is 0.252. The van der Waals surface area contributed by atoms with Crippen LogP contribution in [-0.4, -0.2) is 56.5 Å². The molecule has 0 atom stereocenters. The number of carbonyl (C=O) groups is 2. The van der Waals surface area contributed by atoms with Gasteiger partial charge in [-0.25, -0.2) is 17.9 Å². The van der Waals surface area contributed by atoms with Gasteiger partial charge in [-0.3, -0.25) is 4.79 Å². The van der Waals surface area contributed by atoms with Crippen LogP contribution in [0, 0.1) is 0 Å². The molecule has 1 amide bonds. The number of fused-ring (bicyclic) bond motifs is 1. The molecule has 0 saturated carbocycles. The van der Waals surface area contributed by atoms with Crippen molar-refractivity contribution in [2.45, 2.75) is 83.3 Å². The number of benzene rings is 2. The Hall–Kier alpha value is -2.62. The molecule has 3 rings (SSSR count). The number of nitrogens with zero attached hydrogens (tertiary/aromatic N) is 1. The zero-order chi connectivity index (χ0) is 28.8. The van der Waals surface area contributed by atoms with Crippen molar-refractivity contribution in [2.24, 2.45) is 0 Å². The van der Waals surface area contributed by atoms with Crippen LogP contribution in [0.3, 0.4) is 0 Å². The Balaban J connectivity index is 1.65. The van der Waals surface area contributed by atoms with Gasteiger partial charge in [-0.15, -0.1) is 0 Å². The first-order chi connectivity index (χ1) is 18.3. The fraction of sp³-hybridized carbons (Fsp3) is 0.517. The van der Waals surface area contributed by atoms with Gasteiger partial charge in [0.25, 0.3) is 0 Å². The summed E-state index contributed by atoms with van der Waals surface area (Å²) in [5.41, 5.74) is 1.39. The number of rotatable bonds is 12. The molecule has 1 aliphatic rings. The topological polar surface area (TPSA) is 102 Å². The van der Waals surface area contributed by atoms with E-state index in [1.54, 1.807) is 24.8 Å². The van der Waals surface area contributed by atoms with Gasteiger partial charge in [0.1, 0.15) is 16.2 Å². The Morgan fingerprint density at radius 1 is 1.13 bits per heavy atom. The van der Waals surface area contributed by atoms with Crippen molar-refractivity contribution in [1.29, 1.82) is 0 Å². The van der Waals surface area contributed by atoms with Gasteiger partial charge in [-0.05, 0) is 83.2 Å². The van der Waals surface area contributed by atoms with Crippen molar-refractivity contribution in [2.75, 3.05) is 19.7 Å². The monoisotopic (exact) mass is 578 g/mol. The summed E-state index contributed by atoms with van der Waals surface area (Å²) in [5, 5.41) is 0.650. The largest absolute Gasteiger partial charge is 0.492 e. The van der Waals surface area contributed by atoms with Crippen LogP contribution >= 0.6 is 11.6 Å². The highest BCUT2D eigenvalue weighted by atomic mass is 35.5. The van der Waals surface area contributed by atoms with E-state index >= 15 is 0 Å². The Labute approximate surface area is 237 Å². The summed E-state index contributed by atoms with van der Waals surface area (Å²) in [6.45, 7) is 10.2. The van der Waals surface area contributed by atoms with Crippen LogP contribution < -0.4 is 9.46 Å². The van der Waals surface area contributed by atoms with Crippen LogP contribution in [0.25, 0.3) is 0 Å². The molecule has 8 nitrogen and oxygen atoms in total. The van der Waals surface area contributed by atoms with Crippen LogP contribution in [0.1, 0.15) is 75.4 Å². The second kappa shape index (κ2) is 13.2. The first-order valence-electron chi connectivity index (χ1n) is 13.3. The van der Waals surface area contributed by atoms with Crippen molar-refractivity contribution in [3.63, 3.8) is 0 Å². The molecule has 39 heavy (non-hydrogen) atoms. The van der Waals surface area contributed by atoms with Gasteiger partial charge in [0.2, 0.25) is 10.0 Å². The molecule has 0 saturated heterocycles. The van der Waals surface area contributed by atoms with E-state index < -0.39 is 21.7 Å². The van der Waals surface area contributed by atoms with Gasteiger partial charge >= 0.3 is 6.09 Å². The second-order valence-corrected chi connectivity index (χ2v) is 13.1. The van der Waals surface area contributed by atoms with Gasteiger partial charge in [0, 0.05) is 42.6 Å². The predicted octanol–water partition coefficient (Wildman–Crippen LogP) is 5.79. The predicted molar refractivity (Wildman–Crippen MR) is 152 cm³/mol. The summed E-state index contributed by atoms with van der Waals surface area (Å²) in [5.74, 6) is 0.178. The van der Waals surface area contributed by atoms with Crippen LogP contribution in [0.5, 0.6) is 5.75 Å². The summed E-state index contributed by atoms with van der Waals surface area (Å²) in [6, 6.07) is 10.4. The number of ketones is 1. The molecule has 0 spiro atoms. The van der Waals surface area contributed by atoms with Crippen molar-refractivity contribution in [3.8, 4) is 5.75 Å². The normalized spacial score (nSPS) is 13.2. The Morgan fingerprint density at radius 3 is 2.51 bits per heavy atom. The maximum atomic E-state index is 13.1. The molecular weight excluding hydrogens is 540 g/mol. The first kappa shape index (κ1) is 30.9. The molecule has 2 aromatic carbocycles. The SMILES string of the molecule is CC(C)NS(=O)(=O)c1cc(C(=O)CCCCN(CCc2ccccc2Cl)C(=O)OC(C)(C)C)cc2c1OCC2. The van der Waals surface area contributed by atoms with Crippen molar-refractivity contribution >= 4 is 33.5 Å². The molecule has 1 N–H and O–H groups in total. The molecule has 0 aromatic heterocycles. The summed E-state index contributed by atoms with van der Waals surface area (Å²) >= 11 is 6.29. The molecule has 2 aromatic rings. The first-order valence-corrected chi connectivity index (χ1v) is 15.2. The average molecular weight is 579 g/mol. The lowest BCUT2D eigenvalue weighted by Crippen LogP contribution is -2.38. The molecule has 1 heterocycles. The van der Waals surface area contributed by atoms with E-state index in [1.807, 2.05) is 45.0 Å². The summed E-state index contributed by atoms with van der Waals surface area (Å²) in [7, 11) is -3.83. The number of halogens is 1. The zero-order valence-corrected chi connectivity index (χ0v) is 25.0. The highest BCUT2D eigenvalue weighted by Gasteiger charge is 2.28. The lowest BCUT2D eigenvalue weighted by molar-refractivity contribution is 0.0249. The van der Waals surface area contributed by atoms with Crippen molar-refractivity contribution in [3.05, 3.63) is 58.1 Å². The van der Waals surface area contributed by atoms with E-state index in [0.29, 0.717) is 61.7 Å².